The van der Waals surface area contributed by atoms with E-state index in [1.807, 2.05) is 42.5 Å². The summed E-state index contributed by atoms with van der Waals surface area (Å²) >= 11 is 0. The van der Waals surface area contributed by atoms with Crippen LogP contribution in [-0.2, 0) is 20.7 Å². The standard InChI is InChI=1S/C23H22N2O6/c1-3-29-23(27)25-17(22(26)28-2)11-15-14-6-4-5-7-16(14)24-20(15)21(25)13-8-9-18-19(10-13)31-12-30-18/h4-10,17,21,24H,3,11-12H2,1-2H3/t17-,21-/m0/s1. The first-order valence-electron chi connectivity index (χ1n) is 10.1. The van der Waals surface area contributed by atoms with E-state index in [2.05, 4.69) is 4.98 Å². The molecule has 0 saturated carbocycles. The number of para-hydroxylation sites is 1. The maximum Gasteiger partial charge on any atom is 0.411 e. The number of amides is 1. The summed E-state index contributed by atoms with van der Waals surface area (Å²) in [6.45, 7) is 2.07. The second-order valence-corrected chi connectivity index (χ2v) is 7.43. The first kappa shape index (κ1) is 19.3. The number of benzene rings is 2. The highest BCUT2D eigenvalue weighted by atomic mass is 16.7. The van der Waals surface area contributed by atoms with Crippen LogP contribution in [0.25, 0.3) is 10.9 Å². The van der Waals surface area contributed by atoms with Crippen LogP contribution in [0.2, 0.25) is 0 Å². The Bertz CT molecular complexity index is 1170. The Hall–Kier alpha value is -3.68. The van der Waals surface area contributed by atoms with Gasteiger partial charge in [0.1, 0.15) is 12.1 Å². The van der Waals surface area contributed by atoms with Gasteiger partial charge in [-0.05, 0) is 36.2 Å². The van der Waals surface area contributed by atoms with Gasteiger partial charge in [0, 0.05) is 23.0 Å². The van der Waals surface area contributed by atoms with Gasteiger partial charge in [-0.15, -0.1) is 0 Å². The monoisotopic (exact) mass is 422 g/mol. The first-order valence-corrected chi connectivity index (χ1v) is 10.1. The molecule has 1 N–H and O–H groups in total. The number of hydrogen-bond acceptors (Lipinski definition) is 6. The number of fused-ring (bicyclic) bond motifs is 4. The fourth-order valence-electron chi connectivity index (χ4n) is 4.46. The number of carbonyl (C=O) groups is 2. The molecule has 0 unspecified atom stereocenters. The Labute approximate surface area is 178 Å². The molecule has 0 radical (unpaired) electrons. The lowest BCUT2D eigenvalue weighted by atomic mass is 9.88. The zero-order valence-electron chi connectivity index (χ0n) is 17.2. The molecule has 0 bridgehead atoms. The minimum atomic E-state index is -0.828. The molecule has 0 saturated heterocycles. The van der Waals surface area contributed by atoms with Crippen LogP contribution in [0.4, 0.5) is 4.79 Å². The molecule has 0 spiro atoms. The normalized spacial score (nSPS) is 19.2. The lowest BCUT2D eigenvalue weighted by Gasteiger charge is -2.40. The molecule has 1 aromatic heterocycles. The summed E-state index contributed by atoms with van der Waals surface area (Å²) < 4.78 is 21.4. The van der Waals surface area contributed by atoms with Crippen molar-refractivity contribution in [3.8, 4) is 11.5 Å². The molecule has 2 atom stereocenters. The van der Waals surface area contributed by atoms with Crippen LogP contribution in [0, 0.1) is 0 Å². The number of aromatic amines is 1. The maximum absolute atomic E-state index is 13.1. The highest BCUT2D eigenvalue weighted by Crippen LogP contribution is 2.44. The zero-order chi connectivity index (χ0) is 21.5. The van der Waals surface area contributed by atoms with Crippen molar-refractivity contribution in [3.05, 3.63) is 59.3 Å². The number of rotatable bonds is 3. The minimum Gasteiger partial charge on any atom is -0.467 e. The SMILES string of the molecule is CCOC(=O)N1[C@@H](c2ccc3c(c2)OCO3)c2[nH]c3ccccc3c2C[C@H]1C(=O)OC. The lowest BCUT2D eigenvalue weighted by molar-refractivity contribution is -0.147. The Balaban J connectivity index is 1.73. The molecule has 2 aliphatic rings. The van der Waals surface area contributed by atoms with Crippen LogP contribution in [0.5, 0.6) is 11.5 Å². The van der Waals surface area contributed by atoms with E-state index >= 15 is 0 Å². The average Bonchev–Trinajstić information content (AvgIpc) is 3.41. The van der Waals surface area contributed by atoms with Crippen molar-refractivity contribution in [2.75, 3.05) is 20.5 Å². The minimum absolute atomic E-state index is 0.146. The van der Waals surface area contributed by atoms with Gasteiger partial charge in [0.05, 0.1) is 13.7 Å². The Morgan fingerprint density at radius 1 is 1.16 bits per heavy atom. The van der Waals surface area contributed by atoms with E-state index in [4.69, 9.17) is 18.9 Å². The van der Waals surface area contributed by atoms with Gasteiger partial charge in [-0.3, -0.25) is 4.90 Å². The van der Waals surface area contributed by atoms with Gasteiger partial charge in [0.15, 0.2) is 11.5 Å². The van der Waals surface area contributed by atoms with Gasteiger partial charge >= 0.3 is 12.1 Å². The van der Waals surface area contributed by atoms with Crippen molar-refractivity contribution in [2.24, 2.45) is 0 Å². The van der Waals surface area contributed by atoms with Crippen LogP contribution < -0.4 is 9.47 Å². The fraction of sp³-hybridized carbons (Fsp3) is 0.304. The molecule has 8 heteroatoms. The van der Waals surface area contributed by atoms with E-state index in [-0.39, 0.29) is 13.4 Å². The summed E-state index contributed by atoms with van der Waals surface area (Å²) in [6, 6.07) is 12.0. The van der Waals surface area contributed by atoms with Crippen LogP contribution in [0.1, 0.15) is 29.8 Å². The van der Waals surface area contributed by atoms with Gasteiger partial charge in [0.2, 0.25) is 6.79 Å². The van der Waals surface area contributed by atoms with Crippen LogP contribution >= 0.6 is 0 Å². The highest BCUT2D eigenvalue weighted by Gasteiger charge is 2.45. The third-order valence-electron chi connectivity index (χ3n) is 5.80. The second kappa shape index (κ2) is 7.54. The van der Waals surface area contributed by atoms with Crippen molar-refractivity contribution >= 4 is 23.0 Å². The molecule has 0 aliphatic carbocycles. The number of carbonyl (C=O) groups excluding carboxylic acids is 2. The molecule has 5 rings (SSSR count). The topological polar surface area (TPSA) is 90.1 Å². The van der Waals surface area contributed by atoms with E-state index in [0.29, 0.717) is 17.9 Å². The molecular weight excluding hydrogens is 400 g/mol. The third kappa shape index (κ3) is 3.06. The Kier molecular flexibility index (Phi) is 4.69. The number of esters is 1. The Morgan fingerprint density at radius 3 is 2.77 bits per heavy atom. The van der Waals surface area contributed by atoms with Gasteiger partial charge < -0.3 is 23.9 Å². The van der Waals surface area contributed by atoms with Crippen molar-refractivity contribution in [1.82, 2.24) is 9.88 Å². The van der Waals surface area contributed by atoms with Crippen LogP contribution in [0.3, 0.4) is 0 Å². The molecule has 2 aliphatic heterocycles. The summed E-state index contributed by atoms with van der Waals surface area (Å²) in [5.74, 6) is 0.748. The molecule has 0 fully saturated rings. The highest BCUT2D eigenvalue weighted by molar-refractivity contribution is 5.89. The van der Waals surface area contributed by atoms with Gasteiger partial charge in [-0.1, -0.05) is 24.3 Å². The quantitative estimate of drug-likeness (QED) is 0.650. The van der Waals surface area contributed by atoms with Crippen LogP contribution in [0.15, 0.2) is 42.5 Å². The summed E-state index contributed by atoms with van der Waals surface area (Å²) in [6.07, 6.45) is -0.254. The molecule has 31 heavy (non-hydrogen) atoms. The number of ether oxygens (including phenoxy) is 4. The average molecular weight is 422 g/mol. The number of methoxy groups -OCH3 is 1. The van der Waals surface area contributed by atoms with Crippen molar-refractivity contribution in [2.45, 2.75) is 25.4 Å². The van der Waals surface area contributed by atoms with E-state index in [1.54, 1.807) is 6.92 Å². The molecule has 3 aromatic rings. The summed E-state index contributed by atoms with van der Waals surface area (Å²) in [5, 5.41) is 1.01. The van der Waals surface area contributed by atoms with Gasteiger partial charge in [-0.2, -0.15) is 0 Å². The predicted molar refractivity (Wildman–Crippen MR) is 111 cm³/mol. The molecule has 160 valence electrons. The lowest BCUT2D eigenvalue weighted by Crippen LogP contribution is -2.52. The molecule has 3 heterocycles. The summed E-state index contributed by atoms with van der Waals surface area (Å²) in [5.41, 5.74) is 3.54. The van der Waals surface area contributed by atoms with E-state index < -0.39 is 24.1 Å². The maximum atomic E-state index is 13.1. The number of hydrogen-bond donors (Lipinski definition) is 1. The van der Waals surface area contributed by atoms with Gasteiger partial charge in [0.25, 0.3) is 0 Å². The number of nitrogens with zero attached hydrogens (tertiary/aromatic N) is 1. The van der Waals surface area contributed by atoms with E-state index in [9.17, 15) is 9.59 Å². The van der Waals surface area contributed by atoms with Gasteiger partial charge in [-0.25, -0.2) is 9.59 Å². The molecule has 2 aromatic carbocycles. The summed E-state index contributed by atoms with van der Waals surface area (Å²) in [4.78, 5) is 30.8. The number of aromatic nitrogens is 1. The molecule has 8 nitrogen and oxygen atoms in total. The molecule has 1 amide bonds. The largest absolute Gasteiger partial charge is 0.467 e. The third-order valence-corrected chi connectivity index (χ3v) is 5.80. The summed E-state index contributed by atoms with van der Waals surface area (Å²) in [7, 11) is 1.33. The number of nitrogens with one attached hydrogen (secondary N) is 1. The van der Waals surface area contributed by atoms with Crippen molar-refractivity contribution in [3.63, 3.8) is 0 Å². The zero-order valence-corrected chi connectivity index (χ0v) is 17.2. The smallest absolute Gasteiger partial charge is 0.411 e. The number of H-pyrrole nitrogens is 1. The van der Waals surface area contributed by atoms with Crippen molar-refractivity contribution in [1.29, 1.82) is 0 Å². The second-order valence-electron chi connectivity index (χ2n) is 7.43. The predicted octanol–water partition coefficient (Wildman–Crippen LogP) is 3.54. The fourth-order valence-corrected chi connectivity index (χ4v) is 4.46. The van der Waals surface area contributed by atoms with E-state index in [1.165, 1.54) is 12.0 Å². The van der Waals surface area contributed by atoms with Crippen molar-refractivity contribution < 1.29 is 28.5 Å². The van der Waals surface area contributed by atoms with Crippen LogP contribution in [-0.4, -0.2) is 48.5 Å². The first-order chi connectivity index (χ1) is 15.1. The van der Waals surface area contributed by atoms with E-state index in [0.717, 1.165) is 27.7 Å². The molecular formula is C23H22N2O6. The Morgan fingerprint density at radius 2 is 1.97 bits per heavy atom.